The Kier molecular flexibility index (Phi) is 3.14. The molecule has 3 rings (SSSR count). The summed E-state index contributed by atoms with van der Waals surface area (Å²) in [5, 5.41) is 0. The molecule has 0 saturated heterocycles. The van der Waals surface area contributed by atoms with Gasteiger partial charge in [-0.1, -0.05) is 12.1 Å². The Labute approximate surface area is 120 Å². The molecule has 1 fully saturated rings. The summed E-state index contributed by atoms with van der Waals surface area (Å²) < 4.78 is 6.18. The minimum absolute atomic E-state index is 0.484. The predicted octanol–water partition coefficient (Wildman–Crippen LogP) is 3.37. The average molecular weight is 320 g/mol. The third-order valence-corrected chi connectivity index (χ3v) is 4.03. The van der Waals surface area contributed by atoms with Crippen LogP contribution in [0.25, 0.3) is 11.4 Å². The van der Waals surface area contributed by atoms with Crippen molar-refractivity contribution in [1.82, 2.24) is 9.97 Å². The fourth-order valence-electron chi connectivity index (χ4n) is 2.06. The number of rotatable bonds is 3. The number of hydrogen-bond donors (Lipinski definition) is 1. The summed E-state index contributed by atoms with van der Waals surface area (Å²) in [6.07, 6.45) is 2.33. The summed E-state index contributed by atoms with van der Waals surface area (Å²) in [6, 6.07) is 7.70. The maximum atomic E-state index is 5.98. The lowest BCUT2D eigenvalue weighted by Crippen LogP contribution is -2.02. The molecule has 0 bridgehead atoms. The number of methoxy groups -OCH3 is 1. The summed E-state index contributed by atoms with van der Waals surface area (Å²) in [5.74, 6) is 2.37. The highest BCUT2D eigenvalue weighted by atomic mass is 79.9. The molecular formula is C14H14BrN3O. The van der Waals surface area contributed by atoms with E-state index in [1.165, 1.54) is 12.8 Å². The van der Waals surface area contributed by atoms with Crippen LogP contribution in [0.4, 0.5) is 5.82 Å². The SMILES string of the molecule is COc1ccccc1-c1nc(N)c(Br)c(C2CC2)n1. The average Bonchev–Trinajstić information content (AvgIpc) is 3.26. The van der Waals surface area contributed by atoms with Gasteiger partial charge in [-0.3, -0.25) is 0 Å². The Morgan fingerprint density at radius 2 is 2.00 bits per heavy atom. The minimum atomic E-state index is 0.484. The molecule has 98 valence electrons. The smallest absolute Gasteiger partial charge is 0.165 e. The first-order chi connectivity index (χ1) is 9.20. The van der Waals surface area contributed by atoms with Gasteiger partial charge in [-0.15, -0.1) is 0 Å². The fourth-order valence-corrected chi connectivity index (χ4v) is 2.56. The molecule has 0 aliphatic heterocycles. The highest BCUT2D eigenvalue weighted by molar-refractivity contribution is 9.10. The summed E-state index contributed by atoms with van der Waals surface area (Å²) in [6.45, 7) is 0. The van der Waals surface area contributed by atoms with Crippen LogP contribution in [-0.2, 0) is 0 Å². The van der Waals surface area contributed by atoms with Gasteiger partial charge in [-0.2, -0.15) is 0 Å². The maximum absolute atomic E-state index is 5.98. The van der Waals surface area contributed by atoms with E-state index in [9.17, 15) is 0 Å². The molecule has 0 atom stereocenters. The molecule has 5 heteroatoms. The molecule has 1 aromatic heterocycles. The molecule has 1 heterocycles. The highest BCUT2D eigenvalue weighted by Gasteiger charge is 2.29. The number of aromatic nitrogens is 2. The van der Waals surface area contributed by atoms with E-state index in [4.69, 9.17) is 10.5 Å². The molecule has 1 aliphatic carbocycles. The molecule has 4 nitrogen and oxygen atoms in total. The summed E-state index contributed by atoms with van der Waals surface area (Å²) >= 11 is 3.48. The monoisotopic (exact) mass is 319 g/mol. The lowest BCUT2D eigenvalue weighted by molar-refractivity contribution is 0.416. The van der Waals surface area contributed by atoms with Crippen molar-refractivity contribution < 1.29 is 4.74 Å². The van der Waals surface area contributed by atoms with Crippen molar-refractivity contribution in [2.24, 2.45) is 0 Å². The van der Waals surface area contributed by atoms with E-state index < -0.39 is 0 Å². The molecular weight excluding hydrogens is 306 g/mol. The fraction of sp³-hybridized carbons (Fsp3) is 0.286. The summed E-state index contributed by atoms with van der Waals surface area (Å²) in [5.41, 5.74) is 7.85. The summed E-state index contributed by atoms with van der Waals surface area (Å²) in [7, 11) is 1.64. The first-order valence-electron chi connectivity index (χ1n) is 6.17. The number of nitrogen functional groups attached to an aromatic ring is 1. The maximum Gasteiger partial charge on any atom is 0.165 e. The van der Waals surface area contributed by atoms with Gasteiger partial charge in [0.1, 0.15) is 11.6 Å². The van der Waals surface area contributed by atoms with Crippen molar-refractivity contribution in [3.8, 4) is 17.1 Å². The van der Waals surface area contributed by atoms with Crippen LogP contribution in [0, 0.1) is 0 Å². The van der Waals surface area contributed by atoms with Crippen LogP contribution in [0.2, 0.25) is 0 Å². The van der Waals surface area contributed by atoms with Crippen molar-refractivity contribution in [2.75, 3.05) is 12.8 Å². The van der Waals surface area contributed by atoms with Gasteiger partial charge in [-0.05, 0) is 40.9 Å². The van der Waals surface area contributed by atoms with Crippen molar-refractivity contribution in [1.29, 1.82) is 0 Å². The normalized spacial score (nSPS) is 14.4. The Morgan fingerprint density at radius 1 is 1.26 bits per heavy atom. The lowest BCUT2D eigenvalue weighted by atomic mass is 10.1. The third-order valence-electron chi connectivity index (χ3n) is 3.21. The number of halogens is 1. The van der Waals surface area contributed by atoms with Gasteiger partial charge in [0.2, 0.25) is 0 Å². The van der Waals surface area contributed by atoms with Gasteiger partial charge in [0.25, 0.3) is 0 Å². The Morgan fingerprint density at radius 3 is 2.68 bits per heavy atom. The van der Waals surface area contributed by atoms with Crippen LogP contribution in [0.3, 0.4) is 0 Å². The highest BCUT2D eigenvalue weighted by Crippen LogP contribution is 2.44. The zero-order valence-corrected chi connectivity index (χ0v) is 12.1. The minimum Gasteiger partial charge on any atom is -0.496 e. The second-order valence-corrected chi connectivity index (χ2v) is 5.40. The molecule has 0 amide bonds. The Balaban J connectivity index is 2.14. The van der Waals surface area contributed by atoms with Gasteiger partial charge in [0.15, 0.2) is 5.82 Å². The van der Waals surface area contributed by atoms with E-state index in [1.54, 1.807) is 7.11 Å². The quantitative estimate of drug-likeness (QED) is 0.942. The van der Waals surface area contributed by atoms with Crippen molar-refractivity contribution in [3.05, 3.63) is 34.4 Å². The van der Waals surface area contributed by atoms with Crippen molar-refractivity contribution >= 4 is 21.7 Å². The topological polar surface area (TPSA) is 61.0 Å². The van der Waals surface area contributed by atoms with Crippen LogP contribution >= 0.6 is 15.9 Å². The van der Waals surface area contributed by atoms with Crippen molar-refractivity contribution in [3.63, 3.8) is 0 Å². The van der Waals surface area contributed by atoms with Gasteiger partial charge in [0, 0.05) is 5.92 Å². The van der Waals surface area contributed by atoms with E-state index in [0.29, 0.717) is 17.6 Å². The second kappa shape index (κ2) is 4.81. The second-order valence-electron chi connectivity index (χ2n) is 4.61. The molecule has 0 unspecified atom stereocenters. The van der Waals surface area contributed by atoms with E-state index in [-0.39, 0.29) is 0 Å². The Bertz CT molecular complexity index is 626. The van der Waals surface area contributed by atoms with Crippen LogP contribution in [0.1, 0.15) is 24.5 Å². The predicted molar refractivity (Wildman–Crippen MR) is 78.1 cm³/mol. The Hall–Kier alpha value is -1.62. The van der Waals surface area contributed by atoms with Crippen LogP contribution in [0.15, 0.2) is 28.7 Å². The first kappa shape index (κ1) is 12.4. The van der Waals surface area contributed by atoms with Crippen LogP contribution < -0.4 is 10.5 Å². The molecule has 1 aliphatic rings. The van der Waals surface area contributed by atoms with E-state index in [1.807, 2.05) is 24.3 Å². The number of para-hydroxylation sites is 1. The third kappa shape index (κ3) is 2.30. The number of nitrogens with two attached hydrogens (primary N) is 1. The zero-order valence-electron chi connectivity index (χ0n) is 10.6. The standard InChI is InChI=1S/C14H14BrN3O/c1-19-10-5-3-2-4-9(10)14-17-12(8-6-7-8)11(15)13(16)18-14/h2-5,8H,6-7H2,1H3,(H2,16,17,18). The molecule has 0 spiro atoms. The molecule has 0 radical (unpaired) electrons. The van der Waals surface area contributed by atoms with Gasteiger partial charge in [0.05, 0.1) is 22.8 Å². The number of hydrogen-bond acceptors (Lipinski definition) is 4. The van der Waals surface area contributed by atoms with Gasteiger partial charge in [-0.25, -0.2) is 9.97 Å². The van der Waals surface area contributed by atoms with E-state index >= 15 is 0 Å². The largest absolute Gasteiger partial charge is 0.496 e. The number of nitrogens with zero attached hydrogens (tertiary/aromatic N) is 2. The van der Waals surface area contributed by atoms with Crippen LogP contribution in [-0.4, -0.2) is 17.1 Å². The number of anilines is 1. The zero-order chi connectivity index (χ0) is 13.4. The lowest BCUT2D eigenvalue weighted by Gasteiger charge is -2.10. The first-order valence-corrected chi connectivity index (χ1v) is 6.96. The molecule has 1 aromatic carbocycles. The van der Waals surface area contributed by atoms with Crippen LogP contribution in [0.5, 0.6) is 5.75 Å². The molecule has 19 heavy (non-hydrogen) atoms. The summed E-state index contributed by atoms with van der Waals surface area (Å²) in [4.78, 5) is 9.02. The van der Waals surface area contributed by atoms with Gasteiger partial charge < -0.3 is 10.5 Å². The number of ether oxygens (including phenoxy) is 1. The van der Waals surface area contributed by atoms with Gasteiger partial charge >= 0.3 is 0 Å². The molecule has 2 N–H and O–H groups in total. The molecule has 2 aromatic rings. The number of benzene rings is 1. The van der Waals surface area contributed by atoms with Crippen molar-refractivity contribution in [2.45, 2.75) is 18.8 Å². The van der Waals surface area contributed by atoms with E-state index in [2.05, 4.69) is 25.9 Å². The van der Waals surface area contributed by atoms with E-state index in [0.717, 1.165) is 21.5 Å². The molecule has 1 saturated carbocycles.